The summed E-state index contributed by atoms with van der Waals surface area (Å²) in [7, 11) is 4.44. The number of nitrogens with zero attached hydrogens (tertiary/aromatic N) is 1. The van der Waals surface area contributed by atoms with Crippen LogP contribution in [0.3, 0.4) is 0 Å². The molecule has 0 N–H and O–H groups in total. The van der Waals surface area contributed by atoms with Crippen LogP contribution in [0.5, 0.6) is 17.2 Å². The van der Waals surface area contributed by atoms with Gasteiger partial charge in [0.15, 0.2) is 0 Å². The van der Waals surface area contributed by atoms with Crippen LogP contribution in [-0.2, 0) is 6.18 Å². The molecule has 0 aliphatic rings. The van der Waals surface area contributed by atoms with Gasteiger partial charge in [-0.25, -0.2) is 0 Å². The molecule has 0 fully saturated rings. The fraction of sp³-hybridized carbons (Fsp3) is 0.118. The number of methoxy groups -OCH3 is 3. The van der Waals surface area contributed by atoms with Crippen molar-refractivity contribution in [1.29, 1.82) is 0 Å². The Bertz CT molecular complexity index is 1780. The van der Waals surface area contributed by atoms with Gasteiger partial charge in [-0.3, -0.25) is 10.1 Å². The molecule has 6 nitrogen and oxygen atoms in total. The number of non-ortho nitro benzene ring substituents is 1. The van der Waals surface area contributed by atoms with Crippen LogP contribution < -0.4 is 14.2 Å². The summed E-state index contributed by atoms with van der Waals surface area (Å²) in [5, 5.41) is 11.4. The molecule has 1 radical (unpaired) electrons. The lowest BCUT2D eigenvalue weighted by Gasteiger charge is -2.25. The quantitative estimate of drug-likeness (QED) is 0.134. The molecule has 0 unspecified atom stereocenters. The van der Waals surface area contributed by atoms with E-state index < -0.39 is 16.7 Å². The molecule has 217 valence electrons. The van der Waals surface area contributed by atoms with Gasteiger partial charge in [-0.2, -0.15) is 13.2 Å². The summed E-state index contributed by atoms with van der Waals surface area (Å²) in [6.45, 7) is 0. The van der Waals surface area contributed by atoms with Gasteiger partial charge < -0.3 is 14.2 Å². The normalized spacial score (nSPS) is 11.2. The van der Waals surface area contributed by atoms with Crippen molar-refractivity contribution in [2.75, 3.05) is 21.3 Å². The first kappa shape index (κ1) is 29.2. The number of hydrogen-bond donors (Lipinski definition) is 0. The van der Waals surface area contributed by atoms with E-state index in [0.717, 1.165) is 0 Å². The Balaban J connectivity index is 2.03. The Morgan fingerprint density at radius 2 is 1.33 bits per heavy atom. The fourth-order valence-corrected chi connectivity index (χ4v) is 5.04. The third-order valence-corrected chi connectivity index (χ3v) is 7.01. The lowest BCUT2D eigenvalue weighted by Crippen LogP contribution is -2.11. The minimum atomic E-state index is -4.82. The van der Waals surface area contributed by atoms with Gasteiger partial charge in [0.25, 0.3) is 5.69 Å². The van der Waals surface area contributed by atoms with Crippen LogP contribution in [0.15, 0.2) is 97.1 Å². The number of nitro groups is 1. The van der Waals surface area contributed by atoms with Crippen molar-refractivity contribution >= 4 is 5.69 Å². The average molecular weight is 585 g/mol. The molecular weight excluding hydrogens is 559 g/mol. The molecular formula is C34H25F3NO5. The number of hydrogen-bond acceptors (Lipinski definition) is 5. The van der Waals surface area contributed by atoms with Gasteiger partial charge >= 0.3 is 6.18 Å². The van der Waals surface area contributed by atoms with E-state index in [2.05, 4.69) is 6.07 Å². The van der Waals surface area contributed by atoms with E-state index in [9.17, 15) is 10.1 Å². The third kappa shape index (κ3) is 5.74. The molecule has 0 aromatic heterocycles. The number of nitro benzene ring substituents is 1. The molecule has 0 atom stereocenters. The predicted octanol–water partition coefficient (Wildman–Crippen LogP) is 9.11. The number of rotatable bonds is 8. The highest BCUT2D eigenvalue weighted by Gasteiger charge is 2.38. The number of para-hydroxylation sites is 1. The van der Waals surface area contributed by atoms with Gasteiger partial charge in [0, 0.05) is 34.9 Å². The van der Waals surface area contributed by atoms with Crippen molar-refractivity contribution in [1.82, 2.24) is 0 Å². The zero-order valence-electron chi connectivity index (χ0n) is 23.4. The minimum Gasteiger partial charge on any atom is -0.497 e. The summed E-state index contributed by atoms with van der Waals surface area (Å²) in [6.07, 6.45) is -4.82. The maximum Gasteiger partial charge on any atom is 0.417 e. The first-order valence-corrected chi connectivity index (χ1v) is 13.0. The second-order valence-corrected chi connectivity index (χ2v) is 9.46. The highest BCUT2D eigenvalue weighted by Crippen LogP contribution is 2.52. The highest BCUT2D eigenvalue weighted by molar-refractivity contribution is 6.04. The number of benzene rings is 5. The fourth-order valence-electron chi connectivity index (χ4n) is 5.04. The van der Waals surface area contributed by atoms with Crippen LogP contribution in [0.1, 0.15) is 5.56 Å². The van der Waals surface area contributed by atoms with E-state index >= 15 is 13.2 Å². The van der Waals surface area contributed by atoms with Crippen LogP contribution in [0.2, 0.25) is 0 Å². The maximum absolute atomic E-state index is 15.1. The Hall–Kier alpha value is -5.31. The molecule has 43 heavy (non-hydrogen) atoms. The van der Waals surface area contributed by atoms with Crippen LogP contribution in [0.4, 0.5) is 18.9 Å². The molecule has 0 aliphatic carbocycles. The van der Waals surface area contributed by atoms with Gasteiger partial charge in [0.2, 0.25) is 0 Å². The van der Waals surface area contributed by atoms with E-state index in [4.69, 9.17) is 14.2 Å². The first-order chi connectivity index (χ1) is 20.7. The van der Waals surface area contributed by atoms with E-state index in [1.165, 1.54) is 45.6 Å². The van der Waals surface area contributed by atoms with Gasteiger partial charge in [0.05, 0.1) is 31.8 Å². The summed E-state index contributed by atoms with van der Waals surface area (Å²) < 4.78 is 61.6. The molecule has 0 amide bonds. The lowest BCUT2D eigenvalue weighted by molar-refractivity contribution is -0.384. The largest absolute Gasteiger partial charge is 0.497 e. The lowest BCUT2D eigenvalue weighted by atomic mass is 9.80. The maximum atomic E-state index is 15.1. The van der Waals surface area contributed by atoms with Crippen molar-refractivity contribution < 1.29 is 32.3 Å². The third-order valence-electron chi connectivity index (χ3n) is 7.01. The molecule has 5 aromatic rings. The van der Waals surface area contributed by atoms with Gasteiger partial charge in [-0.15, -0.1) is 0 Å². The summed E-state index contributed by atoms with van der Waals surface area (Å²) >= 11 is 0. The van der Waals surface area contributed by atoms with Crippen molar-refractivity contribution in [3.63, 3.8) is 0 Å². The molecule has 5 rings (SSSR count). The van der Waals surface area contributed by atoms with Crippen molar-refractivity contribution in [3.05, 3.63) is 119 Å². The van der Waals surface area contributed by atoms with Crippen LogP contribution in [0.25, 0.3) is 44.5 Å². The molecule has 0 saturated heterocycles. The van der Waals surface area contributed by atoms with Gasteiger partial charge in [0.1, 0.15) is 17.2 Å². The van der Waals surface area contributed by atoms with Crippen molar-refractivity contribution in [2.24, 2.45) is 0 Å². The van der Waals surface area contributed by atoms with Crippen LogP contribution >= 0.6 is 0 Å². The van der Waals surface area contributed by atoms with E-state index in [-0.39, 0.29) is 27.9 Å². The molecule has 0 saturated carbocycles. The Morgan fingerprint density at radius 3 is 1.93 bits per heavy atom. The Morgan fingerprint density at radius 1 is 0.674 bits per heavy atom. The van der Waals surface area contributed by atoms with Crippen molar-refractivity contribution in [3.8, 4) is 61.8 Å². The Kier molecular flexibility index (Phi) is 8.07. The second kappa shape index (κ2) is 11.9. The first-order valence-electron chi connectivity index (χ1n) is 13.0. The summed E-state index contributed by atoms with van der Waals surface area (Å²) in [5.41, 5.74) is 1.02. The van der Waals surface area contributed by atoms with E-state index in [1.54, 1.807) is 72.8 Å². The predicted molar refractivity (Wildman–Crippen MR) is 158 cm³/mol. The minimum absolute atomic E-state index is 0.0989. The number of alkyl halides is 3. The molecule has 9 heteroatoms. The van der Waals surface area contributed by atoms with Crippen LogP contribution in [0, 0.1) is 16.2 Å². The number of halogens is 3. The summed E-state index contributed by atoms with van der Waals surface area (Å²) in [5.74, 6) is 1.35. The number of ether oxygens (including phenoxy) is 3. The molecule has 0 spiro atoms. The monoisotopic (exact) mass is 584 g/mol. The van der Waals surface area contributed by atoms with Gasteiger partial charge in [-0.05, 0) is 70.3 Å². The second-order valence-electron chi connectivity index (χ2n) is 9.46. The zero-order valence-corrected chi connectivity index (χ0v) is 23.4. The molecule has 0 bridgehead atoms. The molecule has 0 aliphatic heterocycles. The summed E-state index contributed by atoms with van der Waals surface area (Å²) in [6, 6.07) is 28.2. The average Bonchev–Trinajstić information content (AvgIpc) is 3.03. The topological polar surface area (TPSA) is 70.8 Å². The van der Waals surface area contributed by atoms with Crippen molar-refractivity contribution in [2.45, 2.75) is 6.18 Å². The summed E-state index contributed by atoms with van der Waals surface area (Å²) in [4.78, 5) is 10.8. The van der Waals surface area contributed by atoms with Gasteiger partial charge in [-0.1, -0.05) is 42.5 Å². The Labute approximate surface area is 246 Å². The SMILES string of the molecule is COc1ccc(-c2c(C(F)(F)F)[c]c(-c3ccc([N+](=O)[O-])cc3)c(-c3ccccc3OC)c2-c2cccc(OC)c2)cc1. The zero-order chi connectivity index (χ0) is 30.7. The van der Waals surface area contributed by atoms with E-state index in [0.29, 0.717) is 39.5 Å². The standard InChI is InChI=1S/C34H25F3NO5/c1-41-25-17-13-22(14-18-25)31-29(34(35,36)37)20-28(21-11-15-24(16-12-21)38(39)40)33(27-9-4-5-10-30(27)43-3)32(31)23-7-6-8-26(19-23)42-2/h4-19H,1-3H3. The highest BCUT2D eigenvalue weighted by atomic mass is 19.4. The molecule has 5 aromatic carbocycles. The van der Waals surface area contributed by atoms with E-state index in [1.807, 2.05) is 0 Å². The smallest absolute Gasteiger partial charge is 0.417 e. The van der Waals surface area contributed by atoms with Crippen LogP contribution in [-0.4, -0.2) is 26.3 Å². The molecule has 0 heterocycles.